The third-order valence-corrected chi connectivity index (χ3v) is 3.57. The fourth-order valence-corrected chi connectivity index (χ4v) is 2.47. The third kappa shape index (κ3) is 4.94. The number of nitro benzene ring substituents is 1. The molecule has 0 atom stereocenters. The monoisotopic (exact) mass is 381 g/mol. The molecule has 132 valence electrons. The molecule has 0 aliphatic carbocycles. The number of halogens is 1. The van der Waals surface area contributed by atoms with Crippen molar-refractivity contribution in [2.24, 2.45) is 0 Å². The number of ether oxygens (including phenoxy) is 2. The zero-order valence-corrected chi connectivity index (χ0v) is 15.1. The smallest absolute Gasteiger partial charge is 0.296 e. The molecule has 0 aliphatic heterocycles. The average Bonchev–Trinajstić information content (AvgIpc) is 2.56. The van der Waals surface area contributed by atoms with E-state index in [1.807, 2.05) is 0 Å². The quantitative estimate of drug-likeness (QED) is 0.434. The summed E-state index contributed by atoms with van der Waals surface area (Å²) in [4.78, 5) is 10.8. The molecule has 0 saturated carbocycles. The average molecular weight is 382 g/mol. The molecule has 0 fully saturated rings. The van der Waals surface area contributed by atoms with Crippen molar-refractivity contribution in [3.8, 4) is 11.5 Å². The van der Waals surface area contributed by atoms with Crippen LogP contribution in [0.2, 0.25) is 5.02 Å². The first-order chi connectivity index (χ1) is 11.9. The lowest BCUT2D eigenvalue weighted by Crippen LogP contribution is -2.20. The standard InChI is InChI=1S/C16H16ClN3O4S/c1-3-24-11-5-6-12(14(9-11)20(21)22)18-16(25)19-13-8-10(17)4-7-15(13)23-2/h4-9H,3H2,1-2H3,(H2,18,19,25). The van der Waals surface area contributed by atoms with Crippen LogP contribution in [0, 0.1) is 10.1 Å². The van der Waals surface area contributed by atoms with Gasteiger partial charge in [0.1, 0.15) is 17.2 Å². The predicted octanol–water partition coefficient (Wildman–Crippen LogP) is 4.46. The van der Waals surface area contributed by atoms with Crippen molar-refractivity contribution in [1.82, 2.24) is 0 Å². The van der Waals surface area contributed by atoms with Crippen molar-refractivity contribution < 1.29 is 14.4 Å². The van der Waals surface area contributed by atoms with Crippen LogP contribution in [-0.2, 0) is 0 Å². The van der Waals surface area contributed by atoms with E-state index in [1.54, 1.807) is 31.2 Å². The third-order valence-electron chi connectivity index (χ3n) is 3.13. The zero-order chi connectivity index (χ0) is 18.4. The minimum atomic E-state index is -0.507. The topological polar surface area (TPSA) is 85.7 Å². The van der Waals surface area contributed by atoms with Crippen molar-refractivity contribution in [2.75, 3.05) is 24.4 Å². The van der Waals surface area contributed by atoms with Crippen molar-refractivity contribution in [1.29, 1.82) is 0 Å². The molecule has 0 amide bonds. The van der Waals surface area contributed by atoms with Crippen LogP contribution in [0.5, 0.6) is 11.5 Å². The molecule has 0 bridgehead atoms. The number of nitro groups is 1. The molecule has 0 radical (unpaired) electrons. The van der Waals surface area contributed by atoms with E-state index in [-0.39, 0.29) is 16.5 Å². The van der Waals surface area contributed by atoms with Gasteiger partial charge in [-0.3, -0.25) is 10.1 Å². The Morgan fingerprint density at radius 1 is 1.24 bits per heavy atom. The normalized spacial score (nSPS) is 10.0. The Balaban J connectivity index is 2.20. The lowest BCUT2D eigenvalue weighted by atomic mass is 10.2. The number of nitrogens with zero attached hydrogens (tertiary/aromatic N) is 1. The molecule has 25 heavy (non-hydrogen) atoms. The van der Waals surface area contributed by atoms with Crippen LogP contribution in [0.3, 0.4) is 0 Å². The zero-order valence-electron chi connectivity index (χ0n) is 13.5. The Hall–Kier alpha value is -2.58. The summed E-state index contributed by atoms with van der Waals surface area (Å²) in [5.41, 5.74) is 0.640. The number of thiocarbonyl (C=S) groups is 1. The molecule has 0 heterocycles. The summed E-state index contributed by atoms with van der Waals surface area (Å²) in [6, 6.07) is 9.51. The van der Waals surface area contributed by atoms with Gasteiger partial charge in [-0.25, -0.2) is 0 Å². The minimum Gasteiger partial charge on any atom is -0.495 e. The molecule has 0 saturated heterocycles. The van der Waals surface area contributed by atoms with E-state index in [9.17, 15) is 10.1 Å². The Morgan fingerprint density at radius 2 is 1.96 bits per heavy atom. The van der Waals surface area contributed by atoms with Crippen LogP contribution in [0.4, 0.5) is 17.1 Å². The van der Waals surface area contributed by atoms with E-state index in [0.29, 0.717) is 28.8 Å². The lowest BCUT2D eigenvalue weighted by molar-refractivity contribution is -0.384. The van der Waals surface area contributed by atoms with Crippen molar-refractivity contribution in [3.05, 3.63) is 51.5 Å². The molecule has 9 heteroatoms. The molecule has 2 aromatic rings. The molecule has 0 aromatic heterocycles. The number of anilines is 2. The first-order valence-electron chi connectivity index (χ1n) is 7.27. The summed E-state index contributed by atoms with van der Waals surface area (Å²) in [6.07, 6.45) is 0. The molecular formula is C16H16ClN3O4S. The highest BCUT2D eigenvalue weighted by molar-refractivity contribution is 7.80. The Labute approximate surface area is 155 Å². The van der Waals surface area contributed by atoms with E-state index < -0.39 is 4.92 Å². The minimum absolute atomic E-state index is 0.145. The van der Waals surface area contributed by atoms with Gasteiger partial charge in [0.2, 0.25) is 0 Å². The summed E-state index contributed by atoms with van der Waals surface area (Å²) in [6.45, 7) is 2.22. The number of hydrogen-bond acceptors (Lipinski definition) is 5. The van der Waals surface area contributed by atoms with Gasteiger partial charge in [0.25, 0.3) is 5.69 Å². The molecular weight excluding hydrogens is 366 g/mol. The van der Waals surface area contributed by atoms with Crippen LogP contribution in [0.1, 0.15) is 6.92 Å². The maximum absolute atomic E-state index is 11.3. The summed E-state index contributed by atoms with van der Waals surface area (Å²) in [7, 11) is 1.52. The summed E-state index contributed by atoms with van der Waals surface area (Å²) < 4.78 is 10.5. The fraction of sp³-hybridized carbons (Fsp3) is 0.188. The van der Waals surface area contributed by atoms with Crippen LogP contribution in [-0.4, -0.2) is 23.8 Å². The van der Waals surface area contributed by atoms with E-state index in [1.165, 1.54) is 19.2 Å². The Kier molecular flexibility index (Phi) is 6.37. The second-order valence-corrected chi connectivity index (χ2v) is 5.64. The molecule has 7 nitrogen and oxygen atoms in total. The Morgan fingerprint density at radius 3 is 2.60 bits per heavy atom. The van der Waals surface area contributed by atoms with E-state index in [4.69, 9.17) is 33.3 Å². The molecule has 0 spiro atoms. The van der Waals surface area contributed by atoms with Gasteiger partial charge in [-0.2, -0.15) is 0 Å². The fourth-order valence-electron chi connectivity index (χ4n) is 2.08. The molecule has 0 unspecified atom stereocenters. The number of benzene rings is 2. The molecule has 2 N–H and O–H groups in total. The lowest BCUT2D eigenvalue weighted by Gasteiger charge is -2.14. The Bertz CT molecular complexity index is 801. The highest BCUT2D eigenvalue weighted by Crippen LogP contribution is 2.31. The second kappa shape index (κ2) is 8.50. The van der Waals surface area contributed by atoms with Crippen LogP contribution >= 0.6 is 23.8 Å². The number of methoxy groups -OCH3 is 1. The maximum atomic E-state index is 11.3. The van der Waals surface area contributed by atoms with Gasteiger partial charge in [0.15, 0.2) is 5.11 Å². The van der Waals surface area contributed by atoms with Crippen molar-refractivity contribution in [3.63, 3.8) is 0 Å². The largest absolute Gasteiger partial charge is 0.495 e. The summed E-state index contributed by atoms with van der Waals surface area (Å²) in [5.74, 6) is 0.949. The van der Waals surface area contributed by atoms with Crippen LogP contribution in [0.15, 0.2) is 36.4 Å². The summed E-state index contributed by atoms with van der Waals surface area (Å²) in [5, 5.41) is 17.6. The predicted molar refractivity (Wildman–Crippen MR) is 102 cm³/mol. The second-order valence-electron chi connectivity index (χ2n) is 4.79. The molecule has 2 aromatic carbocycles. The molecule has 0 aliphatic rings. The van der Waals surface area contributed by atoms with Gasteiger partial charge in [0, 0.05) is 5.02 Å². The SMILES string of the molecule is CCOc1ccc(NC(=S)Nc2cc(Cl)ccc2OC)c([N+](=O)[O-])c1. The number of hydrogen-bond donors (Lipinski definition) is 2. The van der Waals surface area contributed by atoms with Gasteiger partial charge in [-0.15, -0.1) is 0 Å². The van der Waals surface area contributed by atoms with Crippen LogP contribution in [0.25, 0.3) is 0 Å². The first kappa shape index (κ1) is 18.8. The van der Waals surface area contributed by atoms with E-state index in [2.05, 4.69) is 10.6 Å². The maximum Gasteiger partial charge on any atom is 0.296 e. The summed E-state index contributed by atoms with van der Waals surface area (Å²) >= 11 is 11.2. The van der Waals surface area contributed by atoms with E-state index >= 15 is 0 Å². The van der Waals surface area contributed by atoms with Crippen molar-refractivity contribution >= 4 is 46.0 Å². The van der Waals surface area contributed by atoms with Gasteiger partial charge in [-0.1, -0.05) is 11.6 Å². The highest BCUT2D eigenvalue weighted by Gasteiger charge is 2.17. The van der Waals surface area contributed by atoms with Gasteiger partial charge in [0.05, 0.1) is 30.4 Å². The van der Waals surface area contributed by atoms with E-state index in [0.717, 1.165) is 0 Å². The first-order valence-corrected chi connectivity index (χ1v) is 8.06. The van der Waals surface area contributed by atoms with Crippen molar-refractivity contribution in [2.45, 2.75) is 6.92 Å². The van der Waals surface area contributed by atoms with Gasteiger partial charge < -0.3 is 20.1 Å². The highest BCUT2D eigenvalue weighted by atomic mass is 35.5. The van der Waals surface area contributed by atoms with Gasteiger partial charge in [-0.05, 0) is 49.5 Å². The molecule has 2 rings (SSSR count). The van der Waals surface area contributed by atoms with Crippen LogP contribution < -0.4 is 20.1 Å². The number of rotatable bonds is 6. The van der Waals surface area contributed by atoms with Gasteiger partial charge >= 0.3 is 0 Å². The number of nitrogens with one attached hydrogen (secondary N) is 2.